The van der Waals surface area contributed by atoms with Crippen LogP contribution >= 0.6 is 22.7 Å². The van der Waals surface area contributed by atoms with Crippen molar-refractivity contribution in [3.63, 3.8) is 0 Å². The summed E-state index contributed by atoms with van der Waals surface area (Å²) in [5.74, 6) is -1.85. The van der Waals surface area contributed by atoms with Crippen LogP contribution in [0, 0.1) is 32.4 Å². The maximum absolute atomic E-state index is 14.6. The van der Waals surface area contributed by atoms with Crippen molar-refractivity contribution in [2.24, 2.45) is 0 Å². The molecule has 2 aromatic carbocycles. The number of hydrogen-bond acceptors (Lipinski definition) is 17. The molecule has 4 aliphatic rings. The number of amides is 2. The zero-order valence-corrected chi connectivity index (χ0v) is 48.5. The van der Waals surface area contributed by atoms with Gasteiger partial charge >= 0.3 is 11.4 Å². The number of aryl methyl sites for hydroxylation is 3. The minimum Gasteiger partial charge on any atom is -0.508 e. The van der Waals surface area contributed by atoms with Crippen LogP contribution in [0.25, 0.3) is 30.4 Å². The Hall–Kier alpha value is -7.56. The van der Waals surface area contributed by atoms with Crippen LogP contribution in [0.1, 0.15) is 116 Å². The Balaban J connectivity index is 0.000000175. The number of aromatic hydroxyl groups is 1. The van der Waals surface area contributed by atoms with Crippen molar-refractivity contribution >= 4 is 54.9 Å². The molecule has 2 aliphatic heterocycles. The number of ether oxygens (including phenoxy) is 2. The third kappa shape index (κ3) is 11.1. The molecule has 0 unspecified atom stereocenters. The monoisotopic (exact) mass is 1190 g/mol. The predicted molar refractivity (Wildman–Crippen MR) is 306 cm³/mol. The lowest BCUT2D eigenvalue weighted by Gasteiger charge is -2.31. The second kappa shape index (κ2) is 23.8. The quantitative estimate of drug-likeness (QED) is 0.122. The summed E-state index contributed by atoms with van der Waals surface area (Å²) in [4.78, 5) is 89.0. The van der Waals surface area contributed by atoms with Gasteiger partial charge in [0.1, 0.15) is 61.3 Å². The zero-order chi connectivity index (χ0) is 59.4. The second-order valence-corrected chi connectivity index (χ2v) is 24.1. The van der Waals surface area contributed by atoms with E-state index in [9.17, 15) is 52.9 Å². The van der Waals surface area contributed by atoms with Crippen LogP contribution in [0.2, 0.25) is 0 Å². The van der Waals surface area contributed by atoms with E-state index >= 15 is 0 Å². The predicted octanol–water partition coefficient (Wildman–Crippen LogP) is 5.45. The van der Waals surface area contributed by atoms with E-state index in [-0.39, 0.29) is 59.9 Å². The van der Waals surface area contributed by atoms with E-state index < -0.39 is 64.5 Å². The highest BCUT2D eigenvalue weighted by molar-refractivity contribution is 7.21. The van der Waals surface area contributed by atoms with E-state index in [0.29, 0.717) is 119 Å². The number of likely N-dealkylation sites (N-methyl/N-ethyl adjacent to an activating group) is 2. The molecule has 27 heteroatoms. The van der Waals surface area contributed by atoms with E-state index in [1.54, 1.807) is 34.0 Å². The van der Waals surface area contributed by atoms with Crippen LogP contribution in [0.5, 0.6) is 5.75 Å². The Morgan fingerprint density at radius 2 is 0.964 bits per heavy atom. The van der Waals surface area contributed by atoms with Gasteiger partial charge in [0.2, 0.25) is 11.8 Å². The number of thiophene rings is 2. The molecular weight excluding hydrogens is 1130 g/mol. The van der Waals surface area contributed by atoms with E-state index in [4.69, 9.17) is 9.47 Å². The number of carbonyl (C=O) groups is 2. The number of fused-ring (bicyclic) bond motifs is 2. The lowest BCUT2D eigenvalue weighted by molar-refractivity contribution is -0.130. The standard InChI is InChI=1S/C29H33FN6O5S.C28H31FN6O6S/c1-16-4-5-18(30)14-21(16)23(41-20-8-6-19(37)7-9-20)15-34-28-24(17(2)27(42-28)36-31-11-12-32-36)26(39)35(29(34)40)22-10-13-33(3)25(22)38;1-15-23-25(39)34(20-9-12-32(2)24(20)38)28(40)33(27(23)42-26(15)35-30-10-11-31-35)14-22(19-13-16(29)3-8-21(19)37)41-18-6-4-17(36)5-7-18/h4-5,11-12,14,19-20,22-23,37H,6-10,13,15H2,1-3H3;3,8,10-11,13,17-18,20,22,36-37H,4-7,9,12,14H2,1-2H3/t19?,20?,22-,23+;17?,18?,20-,22+/m11/s1. The molecule has 84 heavy (non-hydrogen) atoms. The van der Waals surface area contributed by atoms with Gasteiger partial charge in [0.15, 0.2) is 0 Å². The molecule has 12 rings (SSSR count). The Morgan fingerprint density at radius 3 is 1.37 bits per heavy atom. The van der Waals surface area contributed by atoms with E-state index in [0.717, 1.165) is 32.1 Å². The summed E-state index contributed by atoms with van der Waals surface area (Å²) in [6.45, 7) is 6.02. The van der Waals surface area contributed by atoms with Gasteiger partial charge in [-0.1, -0.05) is 28.7 Å². The van der Waals surface area contributed by atoms with Gasteiger partial charge in [-0.2, -0.15) is 20.4 Å². The van der Waals surface area contributed by atoms with Gasteiger partial charge in [0.05, 0.1) is 73.1 Å². The van der Waals surface area contributed by atoms with Gasteiger partial charge in [-0.25, -0.2) is 27.5 Å². The Bertz CT molecular complexity index is 3770. The topological polar surface area (TPSA) is 269 Å². The van der Waals surface area contributed by atoms with Crippen molar-refractivity contribution in [1.82, 2.24) is 58.1 Å². The molecule has 4 fully saturated rings. The number of aromatic nitrogens is 10. The molecule has 0 radical (unpaired) electrons. The van der Waals surface area contributed by atoms with Crippen molar-refractivity contribution < 1.29 is 43.2 Å². The van der Waals surface area contributed by atoms with Crippen molar-refractivity contribution in [3.05, 3.63) is 142 Å². The molecule has 2 amide bonds. The zero-order valence-electron chi connectivity index (χ0n) is 46.8. The SMILES string of the molecule is Cc1c(-n2nccn2)sc2c1c(=O)n([C@@H]1CCN(C)C1=O)c(=O)n2C[C@H](OC1CCC(O)CC1)c1cc(F)ccc1O.Cc1ccc(F)cc1[C@H](Cn1c(=O)n([C@@H]2CCN(C)C2=O)c(=O)c2c(C)c(-n3nccn3)sc21)OC1CCC(O)CC1. The minimum atomic E-state index is -0.983. The number of nitrogens with zero attached hydrogens (tertiary/aromatic N) is 12. The molecule has 0 spiro atoms. The smallest absolute Gasteiger partial charge is 0.332 e. The highest BCUT2D eigenvalue weighted by atomic mass is 32.1. The number of halogens is 2. The fourth-order valence-electron chi connectivity index (χ4n) is 12.0. The lowest BCUT2D eigenvalue weighted by atomic mass is 9.94. The number of benzene rings is 2. The van der Waals surface area contributed by atoms with Crippen LogP contribution in [0.4, 0.5) is 8.78 Å². The fraction of sp³-hybridized carbons (Fsp3) is 0.474. The van der Waals surface area contributed by atoms with Crippen molar-refractivity contribution in [2.45, 2.75) is 147 Å². The number of carbonyl (C=O) groups excluding carboxylic acids is 2. The number of aliphatic hydroxyl groups is 2. The first-order chi connectivity index (χ1) is 40.3. The van der Waals surface area contributed by atoms with Crippen LogP contribution < -0.4 is 22.5 Å². The lowest BCUT2D eigenvalue weighted by Crippen LogP contribution is -2.45. The molecule has 2 saturated carbocycles. The largest absolute Gasteiger partial charge is 0.508 e. The highest BCUT2D eigenvalue weighted by Crippen LogP contribution is 2.38. The second-order valence-electron chi connectivity index (χ2n) is 22.1. The van der Waals surface area contributed by atoms with Crippen molar-refractivity contribution in [3.8, 4) is 15.8 Å². The summed E-state index contributed by atoms with van der Waals surface area (Å²) >= 11 is 2.36. The Kier molecular flexibility index (Phi) is 16.5. The van der Waals surface area contributed by atoms with Gasteiger partial charge < -0.3 is 34.6 Å². The molecule has 0 bridgehead atoms. The third-order valence-corrected chi connectivity index (χ3v) is 19.2. The number of phenolic OH excluding ortho intramolecular Hbond substituents is 1. The number of hydrogen-bond donors (Lipinski definition) is 3. The first-order valence-corrected chi connectivity index (χ1v) is 29.6. The average Bonchev–Trinajstić information content (AvgIpc) is 2.74. The molecule has 23 nitrogen and oxygen atoms in total. The van der Waals surface area contributed by atoms with Crippen molar-refractivity contribution in [1.29, 1.82) is 0 Å². The molecule has 8 aromatic rings. The maximum atomic E-state index is 14.6. The maximum Gasteiger partial charge on any atom is 0.332 e. The molecule has 3 N–H and O–H groups in total. The summed E-state index contributed by atoms with van der Waals surface area (Å²) in [7, 11) is 3.28. The summed E-state index contributed by atoms with van der Waals surface area (Å²) < 4.78 is 47.0. The number of likely N-dealkylation sites (tertiary alicyclic amines) is 2. The van der Waals surface area contributed by atoms with Crippen molar-refractivity contribution in [2.75, 3.05) is 27.2 Å². The Labute approximate surface area is 486 Å². The molecule has 2 saturated heterocycles. The third-order valence-electron chi connectivity index (χ3n) is 16.7. The van der Waals surface area contributed by atoms with E-state index in [1.807, 2.05) is 6.92 Å². The molecular formula is C57H64F2N12O11S2. The van der Waals surface area contributed by atoms with Crippen LogP contribution in [-0.2, 0) is 32.2 Å². The van der Waals surface area contributed by atoms with E-state index in [1.165, 1.54) is 88.9 Å². The summed E-state index contributed by atoms with van der Waals surface area (Å²) in [5.41, 5.74) is 0.243. The summed E-state index contributed by atoms with van der Waals surface area (Å²) in [5, 5.41) is 49.3. The van der Waals surface area contributed by atoms with Crippen LogP contribution in [0.15, 0.2) is 80.4 Å². The fourth-order valence-corrected chi connectivity index (χ4v) is 14.5. The van der Waals surface area contributed by atoms with Crippen LogP contribution in [-0.4, -0.2) is 137 Å². The summed E-state index contributed by atoms with van der Waals surface area (Å²) in [6.07, 6.45) is 8.26. The average molecular weight is 1200 g/mol. The molecule has 8 heterocycles. The number of rotatable bonds is 14. The number of phenols is 1. The number of aliphatic hydroxyl groups excluding tert-OH is 2. The molecule has 4 atom stereocenters. The first kappa shape index (κ1) is 58.2. The molecule has 2 aliphatic carbocycles. The Morgan fingerprint density at radius 1 is 0.571 bits per heavy atom. The minimum absolute atomic E-state index is 0.0123. The first-order valence-electron chi connectivity index (χ1n) is 28.0. The van der Waals surface area contributed by atoms with Gasteiger partial charge in [-0.05, 0) is 126 Å². The van der Waals surface area contributed by atoms with Gasteiger partial charge in [-0.3, -0.25) is 28.3 Å². The normalized spacial score (nSPS) is 21.9. The van der Waals surface area contributed by atoms with E-state index in [2.05, 4.69) is 20.4 Å². The van der Waals surface area contributed by atoms with Gasteiger partial charge in [-0.15, -0.1) is 9.59 Å². The highest BCUT2D eigenvalue weighted by Gasteiger charge is 2.38. The molecule has 444 valence electrons. The van der Waals surface area contributed by atoms with Gasteiger partial charge in [0, 0.05) is 43.9 Å². The molecule has 6 aromatic heterocycles. The van der Waals surface area contributed by atoms with Crippen LogP contribution in [0.3, 0.4) is 0 Å². The summed E-state index contributed by atoms with van der Waals surface area (Å²) in [6, 6.07) is 6.11. The van der Waals surface area contributed by atoms with Gasteiger partial charge in [0.25, 0.3) is 11.1 Å².